The van der Waals surface area contributed by atoms with Gasteiger partial charge >= 0.3 is 0 Å². The summed E-state index contributed by atoms with van der Waals surface area (Å²) in [5, 5.41) is 9.54. The molecular formula is C26H37N5O6. The van der Waals surface area contributed by atoms with E-state index < -0.39 is 0 Å². The summed E-state index contributed by atoms with van der Waals surface area (Å²) < 4.78 is 5.68. The summed E-state index contributed by atoms with van der Waals surface area (Å²) in [6, 6.07) is 7.45. The first-order chi connectivity index (χ1) is 17.9. The topological polar surface area (TPSA) is 152 Å². The van der Waals surface area contributed by atoms with E-state index in [1.807, 2.05) is 31.2 Å². The predicted molar refractivity (Wildman–Crippen MR) is 139 cm³/mol. The maximum Gasteiger partial charge on any atom is 0.253 e. The molecule has 4 amide bonds. The quantitative estimate of drug-likeness (QED) is 0.115. The van der Waals surface area contributed by atoms with Gasteiger partial charge in [-0.25, -0.2) is 0 Å². The fraction of sp³-hybridized carbons (Fsp3) is 0.500. The van der Waals surface area contributed by atoms with E-state index in [9.17, 15) is 19.2 Å². The highest BCUT2D eigenvalue weighted by Crippen LogP contribution is 2.13. The highest BCUT2D eigenvalue weighted by atomic mass is 16.6. The first kappa shape index (κ1) is 29.5. The second-order valence-electron chi connectivity index (χ2n) is 8.45. The van der Waals surface area contributed by atoms with E-state index in [-0.39, 0.29) is 23.6 Å². The van der Waals surface area contributed by atoms with Crippen LogP contribution >= 0.6 is 0 Å². The van der Waals surface area contributed by atoms with Gasteiger partial charge in [0.15, 0.2) is 0 Å². The van der Waals surface area contributed by atoms with E-state index in [2.05, 4.69) is 15.8 Å². The van der Waals surface area contributed by atoms with Crippen LogP contribution in [0.2, 0.25) is 0 Å². The Labute approximate surface area is 217 Å². The zero-order chi connectivity index (χ0) is 26.9. The fourth-order valence-electron chi connectivity index (χ4n) is 3.43. The molecule has 202 valence electrons. The number of nitrogens with zero attached hydrogens (tertiary/aromatic N) is 2. The van der Waals surface area contributed by atoms with Crippen LogP contribution in [0, 0.1) is 0 Å². The first-order valence-electron chi connectivity index (χ1n) is 12.6. The Bertz CT molecular complexity index is 943. The minimum Gasteiger partial charge on any atom is -0.494 e. The second-order valence-corrected chi connectivity index (χ2v) is 8.45. The molecule has 0 aromatic heterocycles. The summed E-state index contributed by atoms with van der Waals surface area (Å²) >= 11 is 0. The number of benzene rings is 1. The number of nitrogens with two attached hydrogens (primary N) is 1. The van der Waals surface area contributed by atoms with Gasteiger partial charge in [-0.3, -0.25) is 24.1 Å². The molecule has 0 fully saturated rings. The van der Waals surface area contributed by atoms with E-state index in [1.165, 1.54) is 17.1 Å². The molecule has 0 atom stereocenters. The summed E-state index contributed by atoms with van der Waals surface area (Å²) in [5.41, 5.74) is 7.03. The van der Waals surface area contributed by atoms with Gasteiger partial charge in [0, 0.05) is 51.2 Å². The standard InChI is InChI=1S/C26H37N5O6/c1-20(30-37-19-14-27)21-8-10-22(11-9-21)36-18-5-7-24(33)29-16-15-28-23(32)6-3-2-4-17-31-25(34)12-13-26(31)35/h8-13H,2-7,14-19,27H2,1H3,(H,28,32)(H,29,33)/b30-20-. The highest BCUT2D eigenvalue weighted by Gasteiger charge is 2.22. The Hall–Kier alpha value is -3.73. The molecule has 0 bridgehead atoms. The van der Waals surface area contributed by atoms with E-state index >= 15 is 0 Å². The molecule has 1 aliphatic heterocycles. The molecule has 11 nitrogen and oxygen atoms in total. The first-order valence-corrected chi connectivity index (χ1v) is 12.6. The zero-order valence-corrected chi connectivity index (χ0v) is 21.4. The molecule has 1 aliphatic rings. The summed E-state index contributed by atoms with van der Waals surface area (Å²) in [4.78, 5) is 53.0. The molecule has 0 aliphatic carbocycles. The fourth-order valence-corrected chi connectivity index (χ4v) is 3.43. The van der Waals surface area contributed by atoms with Crippen molar-refractivity contribution >= 4 is 29.3 Å². The van der Waals surface area contributed by atoms with Crippen molar-refractivity contribution in [2.75, 3.05) is 39.4 Å². The van der Waals surface area contributed by atoms with E-state index in [0.717, 1.165) is 17.7 Å². The van der Waals surface area contributed by atoms with Gasteiger partial charge in [-0.2, -0.15) is 0 Å². The third-order valence-corrected chi connectivity index (χ3v) is 5.46. The maximum absolute atomic E-state index is 12.0. The number of hydrogen-bond donors (Lipinski definition) is 3. The Morgan fingerprint density at radius 1 is 0.892 bits per heavy atom. The molecule has 0 saturated heterocycles. The number of nitrogens with one attached hydrogen (secondary N) is 2. The number of unbranched alkanes of at least 4 members (excludes halogenated alkanes) is 2. The van der Waals surface area contributed by atoms with E-state index in [4.69, 9.17) is 15.3 Å². The number of carbonyl (C=O) groups excluding carboxylic acids is 4. The smallest absolute Gasteiger partial charge is 0.253 e. The monoisotopic (exact) mass is 515 g/mol. The molecule has 4 N–H and O–H groups in total. The lowest BCUT2D eigenvalue weighted by Crippen LogP contribution is -2.34. The van der Waals surface area contributed by atoms with Crippen molar-refractivity contribution in [1.82, 2.24) is 15.5 Å². The number of imide groups is 1. The molecule has 0 spiro atoms. The van der Waals surface area contributed by atoms with Crippen LogP contribution in [0.3, 0.4) is 0 Å². The summed E-state index contributed by atoms with van der Waals surface area (Å²) in [5.74, 6) is -0.0482. The minimum absolute atomic E-state index is 0.0896. The van der Waals surface area contributed by atoms with Gasteiger partial charge < -0.3 is 25.9 Å². The van der Waals surface area contributed by atoms with Gasteiger partial charge in [0.25, 0.3) is 11.8 Å². The molecular weight excluding hydrogens is 478 g/mol. The average molecular weight is 516 g/mol. The lowest BCUT2D eigenvalue weighted by molar-refractivity contribution is -0.137. The molecule has 11 heteroatoms. The number of oxime groups is 1. The molecule has 0 radical (unpaired) electrons. The number of ether oxygens (including phenoxy) is 1. The van der Waals surface area contributed by atoms with Gasteiger partial charge in [-0.1, -0.05) is 11.6 Å². The van der Waals surface area contributed by atoms with E-state index in [0.29, 0.717) is 77.2 Å². The van der Waals surface area contributed by atoms with Gasteiger partial charge in [0.2, 0.25) is 11.8 Å². The van der Waals surface area contributed by atoms with Gasteiger partial charge in [0.1, 0.15) is 12.4 Å². The van der Waals surface area contributed by atoms with Crippen molar-refractivity contribution in [1.29, 1.82) is 0 Å². The van der Waals surface area contributed by atoms with Crippen molar-refractivity contribution < 1.29 is 28.8 Å². The van der Waals surface area contributed by atoms with Crippen LogP contribution in [0.15, 0.2) is 41.6 Å². The average Bonchev–Trinajstić information content (AvgIpc) is 3.21. The third-order valence-electron chi connectivity index (χ3n) is 5.46. The van der Waals surface area contributed by atoms with Crippen LogP contribution in [0.1, 0.15) is 51.0 Å². The number of hydrogen-bond acceptors (Lipinski definition) is 8. The Morgan fingerprint density at radius 2 is 1.51 bits per heavy atom. The van der Waals surface area contributed by atoms with Gasteiger partial charge in [-0.15, -0.1) is 0 Å². The predicted octanol–water partition coefficient (Wildman–Crippen LogP) is 1.26. The number of amides is 4. The van der Waals surface area contributed by atoms with Crippen LogP contribution in [0.4, 0.5) is 0 Å². The highest BCUT2D eigenvalue weighted by molar-refractivity contribution is 6.12. The normalized spacial score (nSPS) is 13.1. The molecule has 0 saturated carbocycles. The molecule has 1 aromatic rings. The van der Waals surface area contributed by atoms with Crippen LogP contribution < -0.4 is 21.1 Å². The van der Waals surface area contributed by atoms with Crippen molar-refractivity contribution in [3.63, 3.8) is 0 Å². The van der Waals surface area contributed by atoms with Crippen molar-refractivity contribution in [3.05, 3.63) is 42.0 Å². The molecule has 37 heavy (non-hydrogen) atoms. The van der Waals surface area contributed by atoms with Gasteiger partial charge in [0.05, 0.1) is 12.3 Å². The largest absolute Gasteiger partial charge is 0.494 e. The zero-order valence-electron chi connectivity index (χ0n) is 21.4. The Kier molecular flexibility index (Phi) is 13.4. The molecule has 0 unspecified atom stereocenters. The number of carbonyl (C=O) groups is 4. The summed E-state index contributed by atoms with van der Waals surface area (Å²) in [6.07, 6.45) is 5.86. The van der Waals surface area contributed by atoms with Crippen molar-refractivity contribution in [3.8, 4) is 5.75 Å². The third kappa shape index (κ3) is 11.7. The Morgan fingerprint density at radius 3 is 2.14 bits per heavy atom. The van der Waals surface area contributed by atoms with Crippen LogP contribution in [0.25, 0.3) is 0 Å². The lowest BCUT2D eigenvalue weighted by atomic mass is 10.1. The van der Waals surface area contributed by atoms with Crippen LogP contribution in [0.5, 0.6) is 5.75 Å². The summed E-state index contributed by atoms with van der Waals surface area (Å²) in [7, 11) is 0. The molecule has 1 aromatic carbocycles. The Balaban J connectivity index is 1.45. The SMILES string of the molecule is C/C(=N/OCCN)c1ccc(OCCCC(=O)NCCNC(=O)CCCCCN2C(=O)C=CC2=O)cc1. The van der Waals surface area contributed by atoms with Gasteiger partial charge in [-0.05, 0) is 56.0 Å². The minimum atomic E-state index is -0.283. The number of rotatable bonds is 18. The molecule has 1 heterocycles. The maximum atomic E-state index is 12.0. The van der Waals surface area contributed by atoms with Crippen molar-refractivity contribution in [2.24, 2.45) is 10.9 Å². The van der Waals surface area contributed by atoms with Crippen LogP contribution in [-0.4, -0.2) is 73.6 Å². The summed E-state index contributed by atoms with van der Waals surface area (Å²) in [6.45, 7) is 4.12. The van der Waals surface area contributed by atoms with E-state index in [1.54, 1.807) is 0 Å². The van der Waals surface area contributed by atoms with Crippen LogP contribution in [-0.2, 0) is 24.0 Å². The second kappa shape index (κ2) is 16.9. The lowest BCUT2D eigenvalue weighted by Gasteiger charge is -2.13. The molecule has 2 rings (SSSR count). The van der Waals surface area contributed by atoms with Crippen molar-refractivity contribution in [2.45, 2.75) is 45.4 Å².